The Kier molecular flexibility index (Phi) is 5.33. The lowest BCUT2D eigenvalue weighted by molar-refractivity contribution is -0.132. The highest BCUT2D eigenvalue weighted by Crippen LogP contribution is 2.45. The summed E-state index contributed by atoms with van der Waals surface area (Å²) in [6, 6.07) is 16.6. The van der Waals surface area contributed by atoms with Gasteiger partial charge in [0.2, 0.25) is 0 Å². The lowest BCUT2D eigenvalue weighted by Gasteiger charge is -2.23. The molecule has 3 aromatic heterocycles. The summed E-state index contributed by atoms with van der Waals surface area (Å²) in [7, 11) is 0. The van der Waals surface area contributed by atoms with Crippen LogP contribution in [0.4, 0.5) is 5.13 Å². The molecule has 4 heterocycles. The highest BCUT2D eigenvalue weighted by molar-refractivity contribution is 7.22. The van der Waals surface area contributed by atoms with Crippen molar-refractivity contribution < 1.29 is 14.7 Å². The Morgan fingerprint density at radius 2 is 1.81 bits per heavy atom. The quantitative estimate of drug-likeness (QED) is 0.169. The van der Waals surface area contributed by atoms with Gasteiger partial charge in [-0.25, -0.2) is 9.97 Å². The number of nitrogens with zero attached hydrogens (tertiary/aromatic N) is 4. The molecule has 0 bridgehead atoms. The summed E-state index contributed by atoms with van der Waals surface area (Å²) in [4.78, 5) is 37.4. The van der Waals surface area contributed by atoms with Crippen LogP contribution in [0.25, 0.3) is 21.6 Å². The minimum Gasteiger partial charge on any atom is -0.505 e. The van der Waals surface area contributed by atoms with Crippen molar-refractivity contribution in [1.82, 2.24) is 14.4 Å². The number of hydrogen-bond acceptors (Lipinski definition) is 6. The van der Waals surface area contributed by atoms with Crippen LogP contribution in [0.5, 0.6) is 0 Å². The molecule has 1 atom stereocenters. The Balaban J connectivity index is 1.62. The van der Waals surface area contributed by atoms with E-state index in [9.17, 15) is 14.7 Å². The maximum atomic E-state index is 13.5. The van der Waals surface area contributed by atoms with Crippen LogP contribution in [0.2, 0.25) is 10.0 Å². The number of pyridine rings is 1. The number of halogens is 2. The van der Waals surface area contributed by atoms with Crippen LogP contribution in [0, 0.1) is 6.92 Å². The molecule has 0 saturated carbocycles. The number of rotatable bonds is 3. The smallest absolute Gasteiger partial charge is 0.301 e. The van der Waals surface area contributed by atoms with E-state index < -0.39 is 17.7 Å². The summed E-state index contributed by atoms with van der Waals surface area (Å²) >= 11 is 13.7. The lowest BCUT2D eigenvalue weighted by Crippen LogP contribution is -2.29. The van der Waals surface area contributed by atoms with Crippen molar-refractivity contribution in [3.63, 3.8) is 0 Å². The van der Waals surface area contributed by atoms with E-state index in [-0.39, 0.29) is 11.3 Å². The summed E-state index contributed by atoms with van der Waals surface area (Å²) in [5, 5.41) is 12.8. The highest BCUT2D eigenvalue weighted by atomic mass is 35.5. The van der Waals surface area contributed by atoms with Crippen LogP contribution in [-0.2, 0) is 9.59 Å². The highest BCUT2D eigenvalue weighted by Gasteiger charge is 2.48. The van der Waals surface area contributed by atoms with Gasteiger partial charge in [0.25, 0.3) is 5.78 Å². The number of ketones is 1. The summed E-state index contributed by atoms with van der Waals surface area (Å²) in [5.74, 6) is -1.93. The molecule has 0 spiro atoms. The molecular weight excluding hydrogens is 519 g/mol. The number of benzene rings is 2. The number of hydrogen-bond donors (Lipinski definition) is 1. The summed E-state index contributed by atoms with van der Waals surface area (Å²) in [6.45, 7) is 1.74. The van der Waals surface area contributed by atoms with Crippen molar-refractivity contribution in [2.24, 2.45) is 0 Å². The molecule has 0 aliphatic carbocycles. The molecule has 2 aromatic carbocycles. The van der Waals surface area contributed by atoms with Crippen LogP contribution in [0.15, 0.2) is 72.4 Å². The van der Waals surface area contributed by atoms with Crippen molar-refractivity contribution in [3.8, 4) is 0 Å². The second kappa shape index (κ2) is 8.44. The number of thiazole rings is 1. The van der Waals surface area contributed by atoms with Crippen LogP contribution in [-0.4, -0.2) is 31.2 Å². The molecule has 36 heavy (non-hydrogen) atoms. The number of anilines is 1. The first-order valence-electron chi connectivity index (χ1n) is 10.9. The molecule has 10 heteroatoms. The number of aromatic nitrogens is 3. The third-order valence-corrected chi connectivity index (χ3v) is 7.57. The number of fused-ring (bicyclic) bond motifs is 2. The van der Waals surface area contributed by atoms with Crippen molar-refractivity contribution in [2.75, 3.05) is 4.90 Å². The summed E-state index contributed by atoms with van der Waals surface area (Å²) < 4.78 is 2.45. The molecule has 1 aliphatic rings. The predicted octanol–water partition coefficient (Wildman–Crippen LogP) is 6.19. The first-order valence-corrected chi connectivity index (χ1v) is 12.5. The Morgan fingerprint density at radius 1 is 1.00 bits per heavy atom. The van der Waals surface area contributed by atoms with Gasteiger partial charge >= 0.3 is 5.91 Å². The zero-order valence-electron chi connectivity index (χ0n) is 18.6. The molecule has 1 amide bonds. The number of aryl methyl sites for hydroxylation is 1. The Hall–Kier alpha value is -3.72. The van der Waals surface area contributed by atoms with Gasteiger partial charge < -0.3 is 5.11 Å². The topological polar surface area (TPSA) is 87.8 Å². The van der Waals surface area contributed by atoms with E-state index in [4.69, 9.17) is 23.2 Å². The van der Waals surface area contributed by atoms with Crippen LogP contribution < -0.4 is 4.90 Å². The molecule has 7 nitrogen and oxygen atoms in total. The Morgan fingerprint density at radius 3 is 2.61 bits per heavy atom. The lowest BCUT2D eigenvalue weighted by atomic mass is 9.96. The van der Waals surface area contributed by atoms with Crippen molar-refractivity contribution >= 4 is 73.0 Å². The minimum absolute atomic E-state index is 0.0618. The fourth-order valence-corrected chi connectivity index (χ4v) is 6.00. The Labute approximate surface area is 218 Å². The maximum absolute atomic E-state index is 13.5. The molecule has 178 valence electrons. The van der Waals surface area contributed by atoms with Gasteiger partial charge in [0.15, 0.2) is 10.9 Å². The van der Waals surface area contributed by atoms with E-state index in [2.05, 4.69) is 9.97 Å². The van der Waals surface area contributed by atoms with Crippen LogP contribution in [0.1, 0.15) is 23.0 Å². The minimum atomic E-state index is -0.951. The average Bonchev–Trinajstić information content (AvgIpc) is 3.49. The zero-order chi connectivity index (χ0) is 25.1. The van der Waals surface area contributed by atoms with Crippen LogP contribution >= 0.6 is 34.5 Å². The van der Waals surface area contributed by atoms with E-state index >= 15 is 0 Å². The third kappa shape index (κ3) is 3.49. The molecule has 1 fully saturated rings. The zero-order valence-corrected chi connectivity index (χ0v) is 21.0. The molecule has 1 saturated heterocycles. The third-order valence-electron chi connectivity index (χ3n) is 6.08. The van der Waals surface area contributed by atoms with E-state index in [0.717, 1.165) is 4.70 Å². The number of Topliss-reactive ketones (excluding diaryl/α,β-unsaturated/α-hetero) is 1. The van der Waals surface area contributed by atoms with Gasteiger partial charge in [0, 0.05) is 16.2 Å². The number of aliphatic hydroxyl groups excluding tert-OH is 1. The second-order valence-corrected chi connectivity index (χ2v) is 10.2. The summed E-state index contributed by atoms with van der Waals surface area (Å²) in [6.07, 6.45) is 1.74. The van der Waals surface area contributed by atoms with Gasteiger partial charge in [-0.05, 0) is 55.0 Å². The van der Waals surface area contributed by atoms with Crippen molar-refractivity contribution in [3.05, 3.63) is 99.4 Å². The number of imidazole rings is 1. The van der Waals surface area contributed by atoms with Gasteiger partial charge in [-0.15, -0.1) is 0 Å². The van der Waals surface area contributed by atoms with Crippen molar-refractivity contribution in [1.29, 1.82) is 0 Å². The van der Waals surface area contributed by atoms with E-state index in [1.807, 2.05) is 6.07 Å². The molecule has 0 radical (unpaired) electrons. The van der Waals surface area contributed by atoms with Gasteiger partial charge in [-0.2, -0.15) is 0 Å². The molecule has 1 unspecified atom stereocenters. The van der Waals surface area contributed by atoms with E-state index in [1.54, 1.807) is 72.1 Å². The molecular formula is C26H16Cl2N4O3S. The number of carbonyl (C=O) groups excluding carboxylic acids is 2. The summed E-state index contributed by atoms with van der Waals surface area (Å²) in [5.41, 5.74) is 2.60. The van der Waals surface area contributed by atoms with Gasteiger partial charge in [-0.3, -0.25) is 18.9 Å². The van der Waals surface area contributed by atoms with Crippen molar-refractivity contribution in [2.45, 2.75) is 13.0 Å². The first kappa shape index (κ1) is 22.7. The molecule has 5 aromatic rings. The Bertz CT molecular complexity index is 1760. The SMILES string of the molecule is Cc1nc2ccccn2c1C(O)=C1C(=O)C(=O)N(c2nc3ccc(Cl)cc3s2)C1c1cccc(Cl)c1. The van der Waals surface area contributed by atoms with E-state index in [1.165, 1.54) is 16.2 Å². The number of carbonyl (C=O) groups is 2. The molecule has 1 aliphatic heterocycles. The molecule has 6 rings (SSSR count). The molecule has 1 N–H and O–H groups in total. The normalized spacial score (nSPS) is 17.5. The fraction of sp³-hybridized carbons (Fsp3) is 0.0769. The standard InChI is InChI=1S/C26H16Cl2N4O3S/c1-13-21(31-10-3-2-7-19(31)29-13)23(33)20-22(14-5-4-6-15(27)11-14)32(25(35)24(20)34)26-30-17-9-8-16(28)12-18(17)36-26/h2-12,22,33H,1H3. The first-order chi connectivity index (χ1) is 17.3. The fourth-order valence-electron chi connectivity index (χ4n) is 4.54. The van der Waals surface area contributed by atoms with Gasteiger partial charge in [0.05, 0.1) is 27.5 Å². The van der Waals surface area contributed by atoms with Crippen LogP contribution in [0.3, 0.4) is 0 Å². The van der Waals surface area contributed by atoms with Gasteiger partial charge in [-0.1, -0.05) is 52.7 Å². The van der Waals surface area contributed by atoms with Gasteiger partial charge in [0.1, 0.15) is 11.3 Å². The number of aliphatic hydroxyl groups is 1. The largest absolute Gasteiger partial charge is 0.505 e. The monoisotopic (exact) mass is 534 g/mol. The predicted molar refractivity (Wildman–Crippen MR) is 141 cm³/mol. The average molecular weight is 535 g/mol. The second-order valence-electron chi connectivity index (χ2n) is 8.31. The number of amides is 1. The maximum Gasteiger partial charge on any atom is 0.301 e. The van der Waals surface area contributed by atoms with E-state index in [0.29, 0.717) is 43.3 Å².